The van der Waals surface area contributed by atoms with Crippen LogP contribution in [-0.2, 0) is 14.8 Å². The first-order valence-electron chi connectivity index (χ1n) is 7.93. The summed E-state index contributed by atoms with van der Waals surface area (Å²) in [6, 6.07) is 3.95. The van der Waals surface area contributed by atoms with Crippen LogP contribution in [0.25, 0.3) is 0 Å². The predicted molar refractivity (Wildman–Crippen MR) is 92.1 cm³/mol. The minimum Gasteiger partial charge on any atom is -0.486 e. The molecule has 1 amide bonds. The van der Waals surface area contributed by atoms with Crippen LogP contribution < -0.4 is 19.1 Å². The maximum Gasteiger partial charge on any atom is 0.243 e. The van der Waals surface area contributed by atoms with Crippen LogP contribution in [0.15, 0.2) is 18.2 Å². The fraction of sp³-hybridized carbons (Fsp3) is 0.562. The van der Waals surface area contributed by atoms with Crippen molar-refractivity contribution in [3.8, 4) is 11.5 Å². The van der Waals surface area contributed by atoms with Crippen molar-refractivity contribution in [1.82, 2.24) is 5.32 Å². The minimum atomic E-state index is -3.66. The number of nitrogens with zero attached hydrogens (tertiary/aromatic N) is 1. The number of fused-ring (bicyclic) bond motifs is 1. The Bertz CT molecular complexity index is 704. The minimum absolute atomic E-state index is 0.0263. The molecule has 24 heavy (non-hydrogen) atoms. The smallest absolute Gasteiger partial charge is 0.243 e. The Labute approximate surface area is 143 Å². The van der Waals surface area contributed by atoms with E-state index in [0.29, 0.717) is 30.4 Å². The third-order valence-corrected chi connectivity index (χ3v) is 5.11. The molecule has 2 rings (SSSR count). The van der Waals surface area contributed by atoms with Gasteiger partial charge in [-0.05, 0) is 32.4 Å². The van der Waals surface area contributed by atoms with Gasteiger partial charge in [0.15, 0.2) is 11.5 Å². The van der Waals surface area contributed by atoms with Crippen LogP contribution in [-0.4, -0.2) is 45.9 Å². The number of nitrogens with one attached hydrogen (secondary N) is 1. The predicted octanol–water partition coefficient (Wildman–Crippen LogP) is 1.53. The van der Waals surface area contributed by atoms with Gasteiger partial charge in [-0.15, -0.1) is 0 Å². The number of sulfonamides is 1. The van der Waals surface area contributed by atoms with Crippen molar-refractivity contribution in [1.29, 1.82) is 0 Å². The van der Waals surface area contributed by atoms with E-state index >= 15 is 0 Å². The molecule has 1 N–H and O–H groups in total. The van der Waals surface area contributed by atoms with E-state index in [2.05, 4.69) is 5.32 Å². The van der Waals surface area contributed by atoms with Crippen molar-refractivity contribution < 1.29 is 22.7 Å². The molecule has 0 aliphatic carbocycles. The summed E-state index contributed by atoms with van der Waals surface area (Å²) in [7, 11) is -3.66. The number of hydrogen-bond acceptors (Lipinski definition) is 5. The number of anilines is 1. The molecule has 2 atom stereocenters. The summed E-state index contributed by atoms with van der Waals surface area (Å²) >= 11 is 0. The molecule has 0 fully saturated rings. The number of ether oxygens (including phenoxy) is 2. The van der Waals surface area contributed by atoms with E-state index in [9.17, 15) is 13.2 Å². The van der Waals surface area contributed by atoms with E-state index in [1.54, 1.807) is 25.1 Å². The monoisotopic (exact) mass is 356 g/mol. The number of rotatable bonds is 6. The molecule has 1 aliphatic heterocycles. The molecule has 0 unspecified atom stereocenters. The standard InChI is InChI=1S/C16H24N2O5S/c1-5-11(2)17-16(19)12(3)18(24(4,20)21)13-6-7-14-15(10-13)23-9-8-22-14/h6-7,10-12H,5,8-9H2,1-4H3,(H,17,19)/t11-,12-/m1/s1. The van der Waals surface area contributed by atoms with Crippen molar-refractivity contribution in [3.05, 3.63) is 18.2 Å². The highest BCUT2D eigenvalue weighted by Crippen LogP contribution is 2.35. The highest BCUT2D eigenvalue weighted by Gasteiger charge is 2.30. The fourth-order valence-corrected chi connectivity index (χ4v) is 3.61. The fourth-order valence-electron chi connectivity index (χ4n) is 2.44. The van der Waals surface area contributed by atoms with Crippen molar-refractivity contribution in [2.75, 3.05) is 23.8 Å². The van der Waals surface area contributed by atoms with Crippen LogP contribution in [0.2, 0.25) is 0 Å². The summed E-state index contributed by atoms with van der Waals surface area (Å²) in [6.45, 7) is 6.25. The second-order valence-corrected chi connectivity index (χ2v) is 7.74. The molecular weight excluding hydrogens is 332 g/mol. The number of carbonyl (C=O) groups is 1. The number of amides is 1. The van der Waals surface area contributed by atoms with E-state index in [1.807, 2.05) is 13.8 Å². The zero-order valence-corrected chi connectivity index (χ0v) is 15.2. The lowest BCUT2D eigenvalue weighted by Gasteiger charge is -2.30. The normalized spacial score (nSPS) is 16.2. The van der Waals surface area contributed by atoms with Crippen LogP contribution in [0, 0.1) is 0 Å². The first-order chi connectivity index (χ1) is 11.2. The Morgan fingerprint density at radius 3 is 2.46 bits per heavy atom. The molecule has 0 saturated carbocycles. The van der Waals surface area contributed by atoms with Gasteiger partial charge >= 0.3 is 0 Å². The van der Waals surface area contributed by atoms with Crippen LogP contribution >= 0.6 is 0 Å². The van der Waals surface area contributed by atoms with Gasteiger partial charge in [-0.2, -0.15) is 0 Å². The molecule has 1 aromatic carbocycles. The molecule has 1 aliphatic rings. The van der Waals surface area contributed by atoms with Gasteiger partial charge < -0.3 is 14.8 Å². The first-order valence-corrected chi connectivity index (χ1v) is 9.78. The van der Waals surface area contributed by atoms with Gasteiger partial charge in [0.25, 0.3) is 0 Å². The van der Waals surface area contributed by atoms with Crippen molar-refractivity contribution in [2.45, 2.75) is 39.3 Å². The van der Waals surface area contributed by atoms with Gasteiger partial charge in [0.05, 0.1) is 11.9 Å². The summed E-state index contributed by atoms with van der Waals surface area (Å²) in [4.78, 5) is 12.4. The van der Waals surface area contributed by atoms with E-state index in [0.717, 1.165) is 17.0 Å². The van der Waals surface area contributed by atoms with Crippen molar-refractivity contribution in [2.24, 2.45) is 0 Å². The topological polar surface area (TPSA) is 84.9 Å². The molecule has 0 bridgehead atoms. The maximum absolute atomic E-state index is 12.4. The van der Waals surface area contributed by atoms with Gasteiger partial charge in [0, 0.05) is 12.1 Å². The van der Waals surface area contributed by atoms with Gasteiger partial charge in [-0.1, -0.05) is 6.92 Å². The van der Waals surface area contributed by atoms with E-state index in [-0.39, 0.29) is 11.9 Å². The third-order valence-electron chi connectivity index (χ3n) is 3.87. The van der Waals surface area contributed by atoms with Gasteiger partial charge in [0.1, 0.15) is 19.3 Å². The van der Waals surface area contributed by atoms with Crippen molar-refractivity contribution >= 4 is 21.6 Å². The summed E-state index contributed by atoms with van der Waals surface area (Å²) in [5, 5.41) is 2.81. The average Bonchev–Trinajstić information content (AvgIpc) is 2.53. The number of carbonyl (C=O) groups excluding carboxylic acids is 1. The second kappa shape index (κ2) is 7.29. The Morgan fingerprint density at radius 2 is 1.88 bits per heavy atom. The average molecular weight is 356 g/mol. The quantitative estimate of drug-likeness (QED) is 0.835. The Hall–Kier alpha value is -1.96. The molecule has 8 heteroatoms. The summed E-state index contributed by atoms with van der Waals surface area (Å²) in [5.41, 5.74) is 0.369. The van der Waals surface area contributed by atoms with Gasteiger partial charge in [0.2, 0.25) is 15.9 Å². The highest BCUT2D eigenvalue weighted by atomic mass is 32.2. The lowest BCUT2D eigenvalue weighted by Crippen LogP contribution is -2.49. The molecule has 0 saturated heterocycles. The van der Waals surface area contributed by atoms with Crippen LogP contribution in [0.1, 0.15) is 27.2 Å². The summed E-state index contributed by atoms with van der Waals surface area (Å²) < 4.78 is 36.6. The summed E-state index contributed by atoms with van der Waals surface area (Å²) in [6.07, 6.45) is 1.85. The Morgan fingerprint density at radius 1 is 1.25 bits per heavy atom. The maximum atomic E-state index is 12.4. The summed E-state index contributed by atoms with van der Waals surface area (Å²) in [5.74, 6) is 0.696. The molecule has 7 nitrogen and oxygen atoms in total. The van der Waals surface area contributed by atoms with Crippen LogP contribution in [0.4, 0.5) is 5.69 Å². The Kier molecular flexibility index (Phi) is 5.58. The molecule has 1 heterocycles. The molecule has 0 radical (unpaired) electrons. The van der Waals surface area contributed by atoms with Crippen LogP contribution in [0.5, 0.6) is 11.5 Å². The molecule has 134 valence electrons. The lowest BCUT2D eigenvalue weighted by molar-refractivity contribution is -0.122. The zero-order valence-electron chi connectivity index (χ0n) is 14.4. The van der Waals surface area contributed by atoms with E-state index in [4.69, 9.17) is 9.47 Å². The molecule has 1 aromatic rings. The molecular formula is C16H24N2O5S. The SMILES string of the molecule is CC[C@@H](C)NC(=O)[C@@H](C)N(c1ccc2c(c1)OCCO2)S(C)(=O)=O. The highest BCUT2D eigenvalue weighted by molar-refractivity contribution is 7.92. The largest absolute Gasteiger partial charge is 0.486 e. The van der Waals surface area contributed by atoms with Gasteiger partial charge in [-0.3, -0.25) is 9.10 Å². The lowest BCUT2D eigenvalue weighted by atomic mass is 10.2. The zero-order chi connectivity index (χ0) is 17.9. The number of benzene rings is 1. The molecule has 0 spiro atoms. The Balaban J connectivity index is 2.34. The molecule has 0 aromatic heterocycles. The van der Waals surface area contributed by atoms with Crippen LogP contribution in [0.3, 0.4) is 0 Å². The van der Waals surface area contributed by atoms with Crippen molar-refractivity contribution in [3.63, 3.8) is 0 Å². The third kappa shape index (κ3) is 4.11. The van der Waals surface area contributed by atoms with E-state index < -0.39 is 16.1 Å². The first kappa shape index (κ1) is 18.4. The second-order valence-electron chi connectivity index (χ2n) is 5.88. The van der Waals surface area contributed by atoms with Gasteiger partial charge in [-0.25, -0.2) is 8.42 Å². The number of hydrogen-bond donors (Lipinski definition) is 1. The van der Waals surface area contributed by atoms with E-state index in [1.165, 1.54) is 0 Å².